The van der Waals surface area contributed by atoms with Gasteiger partial charge in [0.15, 0.2) is 5.78 Å². The molecular formula is C27H39N3O3. The largest absolute Gasteiger partial charge is 0.477 e. The highest BCUT2D eigenvalue weighted by Crippen LogP contribution is 2.21. The lowest BCUT2D eigenvalue weighted by Crippen LogP contribution is -2.34. The van der Waals surface area contributed by atoms with E-state index in [0.29, 0.717) is 17.8 Å². The number of carbonyl (C=O) groups excluding carboxylic acids is 1. The van der Waals surface area contributed by atoms with E-state index in [1.54, 1.807) is 0 Å². The molecule has 1 unspecified atom stereocenters. The Morgan fingerprint density at radius 2 is 1.73 bits per heavy atom. The van der Waals surface area contributed by atoms with Crippen molar-refractivity contribution in [3.05, 3.63) is 58.9 Å². The Bertz CT molecular complexity index is 920. The Kier molecular flexibility index (Phi) is 10.4. The minimum absolute atomic E-state index is 0.000446. The summed E-state index contributed by atoms with van der Waals surface area (Å²) in [6.45, 7) is 11.9. The fraction of sp³-hybridized carbons (Fsp3) is 0.519. The van der Waals surface area contributed by atoms with Crippen LogP contribution < -0.4 is 5.32 Å². The van der Waals surface area contributed by atoms with Gasteiger partial charge in [-0.05, 0) is 45.1 Å². The number of carbonyl (C=O) groups is 2. The molecule has 1 aliphatic carbocycles. The van der Waals surface area contributed by atoms with Gasteiger partial charge in [-0.25, -0.2) is 4.79 Å². The Morgan fingerprint density at radius 1 is 1.12 bits per heavy atom. The zero-order valence-electron chi connectivity index (χ0n) is 20.5. The van der Waals surface area contributed by atoms with E-state index in [0.717, 1.165) is 12.3 Å². The molecule has 6 nitrogen and oxygen atoms in total. The van der Waals surface area contributed by atoms with Gasteiger partial charge in [0.2, 0.25) is 0 Å². The van der Waals surface area contributed by atoms with Gasteiger partial charge in [-0.15, -0.1) is 0 Å². The van der Waals surface area contributed by atoms with Gasteiger partial charge in [0.25, 0.3) is 0 Å². The molecule has 3 N–H and O–H groups in total. The van der Waals surface area contributed by atoms with Crippen molar-refractivity contribution < 1.29 is 14.7 Å². The Labute approximate surface area is 197 Å². The van der Waals surface area contributed by atoms with Crippen LogP contribution in [0.4, 0.5) is 0 Å². The van der Waals surface area contributed by atoms with Crippen LogP contribution in [-0.2, 0) is 11.2 Å². The van der Waals surface area contributed by atoms with E-state index >= 15 is 0 Å². The van der Waals surface area contributed by atoms with Crippen molar-refractivity contribution in [1.82, 2.24) is 15.5 Å². The Hall–Kier alpha value is -2.89. The number of nitrogens with zero attached hydrogens (tertiary/aromatic N) is 1. The van der Waals surface area contributed by atoms with Crippen LogP contribution in [0.5, 0.6) is 0 Å². The first kappa shape index (κ1) is 26.4. The lowest BCUT2D eigenvalue weighted by Gasteiger charge is -2.18. The molecule has 1 heterocycles. The minimum Gasteiger partial charge on any atom is -0.477 e. The molecule has 0 aliphatic heterocycles. The maximum absolute atomic E-state index is 12.0. The van der Waals surface area contributed by atoms with Crippen LogP contribution >= 0.6 is 0 Å². The molecule has 0 saturated heterocycles. The summed E-state index contributed by atoms with van der Waals surface area (Å²) < 4.78 is 0. The third-order valence-corrected chi connectivity index (χ3v) is 6.10. The van der Waals surface area contributed by atoms with Crippen LogP contribution in [0.3, 0.4) is 0 Å². The normalized spacial score (nSPS) is 15.0. The molecule has 1 aliphatic rings. The average Bonchev–Trinajstić information content (AvgIpc) is 3.12. The summed E-state index contributed by atoms with van der Waals surface area (Å²) in [5, 5.41) is 18.3. The number of ketones is 1. The fourth-order valence-corrected chi connectivity index (χ4v) is 4.26. The van der Waals surface area contributed by atoms with Gasteiger partial charge in [0.1, 0.15) is 11.4 Å². The predicted molar refractivity (Wildman–Crippen MR) is 133 cm³/mol. The summed E-state index contributed by atoms with van der Waals surface area (Å²) in [6.07, 6.45) is 10.3. The van der Waals surface area contributed by atoms with Crippen molar-refractivity contribution in [2.45, 2.75) is 85.1 Å². The van der Waals surface area contributed by atoms with E-state index in [2.05, 4.69) is 61.1 Å². The third-order valence-electron chi connectivity index (χ3n) is 6.10. The number of carboxylic acid groups (broad SMARTS) is 1. The standard InChI is InChI=1S/C19H23N3O3.C8H16/c1-11-7-12(2)9-15(8-11)5-6-16(14(4)23)20-13(3)17-10-18(19(24)25)22-21-17;1-8-6-4-2-3-5-7-8/h7-10,16,20H,3,5-6H2,1-2,4H3,(H,21,22)(H,24,25);8H,2-7H2,1H3. The first-order valence-corrected chi connectivity index (χ1v) is 12.0. The maximum atomic E-state index is 12.0. The molecule has 1 aromatic heterocycles. The first-order valence-electron chi connectivity index (χ1n) is 12.0. The predicted octanol–water partition coefficient (Wildman–Crippen LogP) is 5.85. The average molecular weight is 454 g/mol. The van der Waals surface area contributed by atoms with Crippen molar-refractivity contribution in [1.29, 1.82) is 0 Å². The number of aromatic carboxylic acids is 1. The number of aryl methyl sites for hydroxylation is 3. The van der Waals surface area contributed by atoms with E-state index in [1.807, 2.05) is 0 Å². The molecule has 0 amide bonds. The summed E-state index contributed by atoms with van der Waals surface area (Å²) >= 11 is 0. The molecule has 0 bridgehead atoms. The monoisotopic (exact) mass is 453 g/mol. The highest BCUT2D eigenvalue weighted by molar-refractivity contribution is 5.87. The number of Topliss-reactive ketones (excluding diaryl/α,β-unsaturated/α-hetero) is 1. The van der Waals surface area contributed by atoms with Crippen LogP contribution in [0, 0.1) is 19.8 Å². The number of aromatic nitrogens is 2. The molecule has 2 aromatic rings. The fourth-order valence-electron chi connectivity index (χ4n) is 4.26. The lowest BCUT2D eigenvalue weighted by molar-refractivity contribution is -0.118. The third kappa shape index (κ3) is 9.24. The van der Waals surface area contributed by atoms with Gasteiger partial charge in [0.05, 0.1) is 11.7 Å². The number of aromatic amines is 1. The van der Waals surface area contributed by atoms with Crippen LogP contribution in [-0.4, -0.2) is 33.1 Å². The van der Waals surface area contributed by atoms with E-state index in [-0.39, 0.29) is 11.5 Å². The van der Waals surface area contributed by atoms with Crippen LogP contribution in [0.1, 0.15) is 91.7 Å². The summed E-state index contributed by atoms with van der Waals surface area (Å²) in [6, 6.07) is 7.33. The molecule has 1 fully saturated rings. The zero-order chi connectivity index (χ0) is 24.4. The smallest absolute Gasteiger partial charge is 0.353 e. The number of hydrogen-bond acceptors (Lipinski definition) is 4. The van der Waals surface area contributed by atoms with E-state index in [9.17, 15) is 9.59 Å². The van der Waals surface area contributed by atoms with Gasteiger partial charge in [0, 0.05) is 6.07 Å². The van der Waals surface area contributed by atoms with Crippen molar-refractivity contribution in [3.63, 3.8) is 0 Å². The summed E-state index contributed by atoms with van der Waals surface area (Å²) in [4.78, 5) is 22.9. The summed E-state index contributed by atoms with van der Waals surface area (Å²) in [5.41, 5.74) is 4.37. The van der Waals surface area contributed by atoms with Crippen molar-refractivity contribution in [2.24, 2.45) is 5.92 Å². The van der Waals surface area contributed by atoms with Gasteiger partial charge < -0.3 is 10.4 Å². The maximum Gasteiger partial charge on any atom is 0.353 e. The van der Waals surface area contributed by atoms with Crippen molar-refractivity contribution in [3.8, 4) is 0 Å². The van der Waals surface area contributed by atoms with E-state index in [1.165, 1.54) is 68.2 Å². The molecule has 0 radical (unpaired) electrons. The van der Waals surface area contributed by atoms with Crippen LogP contribution in [0.15, 0.2) is 30.8 Å². The lowest BCUT2D eigenvalue weighted by atomic mass is 9.99. The number of carboxylic acids is 1. The number of H-pyrrole nitrogens is 1. The number of nitrogens with one attached hydrogen (secondary N) is 2. The highest BCUT2D eigenvalue weighted by atomic mass is 16.4. The molecule has 3 rings (SSSR count). The van der Waals surface area contributed by atoms with Crippen molar-refractivity contribution >= 4 is 17.4 Å². The molecule has 1 atom stereocenters. The molecule has 33 heavy (non-hydrogen) atoms. The van der Waals surface area contributed by atoms with Crippen LogP contribution in [0.2, 0.25) is 0 Å². The zero-order valence-corrected chi connectivity index (χ0v) is 20.5. The SMILES string of the molecule is C=C(NC(CCc1cc(C)cc(C)c1)C(C)=O)c1cc(C(=O)O)[nH]n1.CC1CCCCCC1. The summed E-state index contributed by atoms with van der Waals surface area (Å²) in [7, 11) is 0. The quantitative estimate of drug-likeness (QED) is 0.436. The van der Waals surface area contributed by atoms with Crippen molar-refractivity contribution in [2.75, 3.05) is 0 Å². The minimum atomic E-state index is -1.09. The number of hydrogen-bond donors (Lipinski definition) is 3. The molecular weight excluding hydrogens is 414 g/mol. The number of benzene rings is 1. The Morgan fingerprint density at radius 3 is 2.24 bits per heavy atom. The van der Waals surface area contributed by atoms with E-state index in [4.69, 9.17) is 5.11 Å². The van der Waals surface area contributed by atoms with Crippen LogP contribution in [0.25, 0.3) is 5.70 Å². The van der Waals surface area contributed by atoms with Gasteiger partial charge >= 0.3 is 5.97 Å². The second kappa shape index (κ2) is 13.0. The second-order valence-corrected chi connectivity index (χ2v) is 9.39. The second-order valence-electron chi connectivity index (χ2n) is 9.39. The topological polar surface area (TPSA) is 95.1 Å². The first-order chi connectivity index (χ1) is 15.7. The molecule has 1 saturated carbocycles. The van der Waals surface area contributed by atoms with Gasteiger partial charge in [-0.1, -0.05) is 81.4 Å². The molecule has 6 heteroatoms. The molecule has 0 spiro atoms. The van der Waals surface area contributed by atoms with Gasteiger partial charge in [-0.2, -0.15) is 5.10 Å². The van der Waals surface area contributed by atoms with E-state index < -0.39 is 12.0 Å². The summed E-state index contributed by atoms with van der Waals surface area (Å²) in [5.74, 6) is -0.0681. The molecule has 1 aromatic carbocycles. The van der Waals surface area contributed by atoms with Gasteiger partial charge in [-0.3, -0.25) is 9.89 Å². The Balaban J connectivity index is 0.000000405. The number of rotatable bonds is 8. The highest BCUT2D eigenvalue weighted by Gasteiger charge is 2.17. The molecule has 180 valence electrons.